The lowest BCUT2D eigenvalue weighted by Gasteiger charge is -2.30. The Hall–Kier alpha value is -2.40. The van der Waals surface area contributed by atoms with E-state index in [1.165, 1.54) is 12.1 Å². The van der Waals surface area contributed by atoms with E-state index in [9.17, 15) is 14.3 Å². The van der Waals surface area contributed by atoms with Crippen LogP contribution in [0.4, 0.5) is 4.39 Å². The Kier molecular flexibility index (Phi) is 3.23. The van der Waals surface area contributed by atoms with E-state index in [2.05, 4.69) is 0 Å². The minimum Gasteiger partial charge on any atom is -0.481 e. The summed E-state index contributed by atoms with van der Waals surface area (Å²) in [6.45, 7) is 0. The van der Waals surface area contributed by atoms with Crippen molar-refractivity contribution in [2.24, 2.45) is 11.8 Å². The predicted molar refractivity (Wildman–Crippen MR) is 63.2 cm³/mol. The highest BCUT2D eigenvalue weighted by molar-refractivity contribution is 5.84. The van der Waals surface area contributed by atoms with Gasteiger partial charge in [0.2, 0.25) is 0 Å². The lowest BCUT2D eigenvalue weighted by molar-refractivity contribution is -0.145. The summed E-state index contributed by atoms with van der Waals surface area (Å²) >= 11 is 0. The lowest BCUT2D eigenvalue weighted by atomic mass is 9.67. The molecule has 4 nitrogen and oxygen atoms in total. The first-order valence-corrected chi connectivity index (χ1v) is 5.86. The van der Waals surface area contributed by atoms with Crippen molar-refractivity contribution in [2.45, 2.75) is 18.3 Å². The van der Waals surface area contributed by atoms with Gasteiger partial charge in [-0.25, -0.2) is 4.39 Å². The van der Waals surface area contributed by atoms with Crippen LogP contribution in [0.15, 0.2) is 24.3 Å². The molecule has 2 rings (SSSR count). The van der Waals surface area contributed by atoms with E-state index in [0.717, 1.165) is 12.1 Å². The van der Waals surface area contributed by atoms with Crippen molar-refractivity contribution < 1.29 is 14.3 Å². The number of aliphatic carboxylic acids is 1. The molecule has 96 valence electrons. The second-order valence-electron chi connectivity index (χ2n) is 4.65. The molecule has 1 atom stereocenters. The Morgan fingerprint density at radius 2 is 1.84 bits per heavy atom. The van der Waals surface area contributed by atoms with Crippen LogP contribution in [0.2, 0.25) is 0 Å². The molecule has 0 aliphatic heterocycles. The summed E-state index contributed by atoms with van der Waals surface area (Å²) in [6.07, 6.45) is 1.31. The van der Waals surface area contributed by atoms with Gasteiger partial charge in [-0.15, -0.1) is 0 Å². The van der Waals surface area contributed by atoms with Gasteiger partial charge in [0.15, 0.2) is 5.92 Å². The van der Waals surface area contributed by atoms with Gasteiger partial charge in [-0.2, -0.15) is 10.5 Å². The van der Waals surface area contributed by atoms with E-state index in [1.54, 1.807) is 12.1 Å². The van der Waals surface area contributed by atoms with Gasteiger partial charge in [0.25, 0.3) is 0 Å². The monoisotopic (exact) mass is 258 g/mol. The molecule has 0 spiro atoms. The zero-order chi connectivity index (χ0) is 14.0. The van der Waals surface area contributed by atoms with Gasteiger partial charge >= 0.3 is 5.97 Å². The molecule has 1 fully saturated rings. The number of nitriles is 2. The van der Waals surface area contributed by atoms with Crippen molar-refractivity contribution in [3.05, 3.63) is 35.6 Å². The molecule has 1 aliphatic carbocycles. The topological polar surface area (TPSA) is 84.9 Å². The SMILES string of the molecule is N#CC(C#N)C(C(=O)O)(c1ccc(F)cc1)C1CC1. The summed E-state index contributed by atoms with van der Waals surface area (Å²) in [5.74, 6) is -3.22. The smallest absolute Gasteiger partial charge is 0.316 e. The first-order valence-electron chi connectivity index (χ1n) is 5.86. The summed E-state index contributed by atoms with van der Waals surface area (Å²) in [4.78, 5) is 11.8. The second kappa shape index (κ2) is 4.70. The van der Waals surface area contributed by atoms with Crippen LogP contribution in [-0.2, 0) is 10.2 Å². The van der Waals surface area contributed by atoms with E-state index in [0.29, 0.717) is 18.4 Å². The molecule has 1 aromatic rings. The molecule has 0 bridgehead atoms. The Balaban J connectivity index is 2.63. The van der Waals surface area contributed by atoms with Gasteiger partial charge in [-0.05, 0) is 36.5 Å². The van der Waals surface area contributed by atoms with E-state index in [4.69, 9.17) is 10.5 Å². The molecular formula is C14H11FN2O2. The third kappa shape index (κ3) is 1.94. The molecule has 0 amide bonds. The molecule has 0 heterocycles. The van der Waals surface area contributed by atoms with Crippen molar-refractivity contribution in [1.82, 2.24) is 0 Å². The molecule has 0 radical (unpaired) electrons. The second-order valence-corrected chi connectivity index (χ2v) is 4.65. The highest BCUT2D eigenvalue weighted by Gasteiger charge is 2.58. The first kappa shape index (κ1) is 13.0. The highest BCUT2D eigenvalue weighted by Crippen LogP contribution is 2.51. The van der Waals surface area contributed by atoms with Crippen LogP contribution in [0.5, 0.6) is 0 Å². The van der Waals surface area contributed by atoms with Crippen LogP contribution < -0.4 is 0 Å². The summed E-state index contributed by atoms with van der Waals surface area (Å²) in [6, 6.07) is 8.55. The van der Waals surface area contributed by atoms with Gasteiger partial charge in [0.05, 0.1) is 12.1 Å². The average Bonchev–Trinajstić information content (AvgIpc) is 3.21. The maximum atomic E-state index is 13.0. The molecule has 19 heavy (non-hydrogen) atoms. The van der Waals surface area contributed by atoms with Gasteiger partial charge in [0, 0.05) is 0 Å². The standard InChI is InChI=1S/C14H11FN2O2/c15-12-5-3-10(4-6-12)14(13(18)19,9-1-2-9)11(7-16)8-17/h3-6,9,11H,1-2H2,(H,18,19). The molecular weight excluding hydrogens is 247 g/mol. The lowest BCUT2D eigenvalue weighted by Crippen LogP contribution is -2.44. The van der Waals surface area contributed by atoms with E-state index >= 15 is 0 Å². The fourth-order valence-electron chi connectivity index (χ4n) is 2.56. The number of rotatable bonds is 4. The maximum absolute atomic E-state index is 13.0. The molecule has 0 saturated heterocycles. The molecule has 0 aromatic heterocycles. The Labute approximate surface area is 109 Å². The summed E-state index contributed by atoms with van der Waals surface area (Å²) in [7, 11) is 0. The Bertz CT molecular complexity index is 567. The van der Waals surface area contributed by atoms with Crippen LogP contribution in [0.3, 0.4) is 0 Å². The van der Waals surface area contributed by atoms with Crippen molar-refractivity contribution in [3.8, 4) is 12.1 Å². The number of benzene rings is 1. The number of hydrogen-bond donors (Lipinski definition) is 1. The fraction of sp³-hybridized carbons (Fsp3) is 0.357. The fourth-order valence-corrected chi connectivity index (χ4v) is 2.56. The number of hydrogen-bond acceptors (Lipinski definition) is 3. The quantitative estimate of drug-likeness (QED) is 0.897. The third-order valence-corrected chi connectivity index (χ3v) is 3.61. The molecule has 5 heteroatoms. The molecule has 1 saturated carbocycles. The highest BCUT2D eigenvalue weighted by atomic mass is 19.1. The van der Waals surface area contributed by atoms with Crippen LogP contribution >= 0.6 is 0 Å². The molecule has 1 aliphatic rings. The van der Waals surface area contributed by atoms with E-state index in [-0.39, 0.29) is 5.92 Å². The average molecular weight is 258 g/mol. The summed E-state index contributed by atoms with van der Waals surface area (Å²) < 4.78 is 13.0. The molecule has 1 aromatic carbocycles. The Morgan fingerprint density at radius 3 is 2.21 bits per heavy atom. The number of halogens is 1. The van der Waals surface area contributed by atoms with Crippen LogP contribution in [0, 0.1) is 40.3 Å². The molecule has 1 N–H and O–H groups in total. The zero-order valence-electron chi connectivity index (χ0n) is 10.0. The van der Waals surface area contributed by atoms with Crippen molar-refractivity contribution in [3.63, 3.8) is 0 Å². The van der Waals surface area contributed by atoms with Crippen molar-refractivity contribution in [1.29, 1.82) is 10.5 Å². The van der Waals surface area contributed by atoms with Crippen LogP contribution in [0.1, 0.15) is 18.4 Å². The Morgan fingerprint density at radius 1 is 1.32 bits per heavy atom. The summed E-state index contributed by atoms with van der Waals surface area (Å²) in [5, 5.41) is 27.8. The van der Waals surface area contributed by atoms with Gasteiger partial charge in [0.1, 0.15) is 11.2 Å². The van der Waals surface area contributed by atoms with Crippen molar-refractivity contribution in [2.75, 3.05) is 0 Å². The number of nitrogens with zero attached hydrogens (tertiary/aromatic N) is 2. The first-order chi connectivity index (χ1) is 9.07. The van der Waals surface area contributed by atoms with Gasteiger partial charge in [-0.1, -0.05) is 12.1 Å². The largest absolute Gasteiger partial charge is 0.481 e. The number of carboxylic acid groups (broad SMARTS) is 1. The third-order valence-electron chi connectivity index (χ3n) is 3.61. The number of carboxylic acids is 1. The normalized spacial score (nSPS) is 17.3. The van der Waals surface area contributed by atoms with Crippen molar-refractivity contribution >= 4 is 5.97 Å². The van der Waals surface area contributed by atoms with E-state index < -0.39 is 23.1 Å². The van der Waals surface area contributed by atoms with Gasteiger partial charge in [-0.3, -0.25) is 4.79 Å². The van der Waals surface area contributed by atoms with Crippen LogP contribution in [-0.4, -0.2) is 11.1 Å². The predicted octanol–water partition coefficient (Wildman–Crippen LogP) is 2.22. The maximum Gasteiger partial charge on any atom is 0.316 e. The minimum atomic E-state index is -1.56. The minimum absolute atomic E-state index is 0.250. The summed E-state index contributed by atoms with van der Waals surface area (Å²) in [5.41, 5.74) is -1.24. The van der Waals surface area contributed by atoms with Crippen LogP contribution in [0.25, 0.3) is 0 Å². The van der Waals surface area contributed by atoms with E-state index in [1.807, 2.05) is 0 Å². The number of carbonyl (C=O) groups is 1. The zero-order valence-corrected chi connectivity index (χ0v) is 10.0. The van der Waals surface area contributed by atoms with Gasteiger partial charge < -0.3 is 5.11 Å². The molecule has 1 unspecified atom stereocenters.